The van der Waals surface area contributed by atoms with E-state index in [9.17, 15) is 23.1 Å². The van der Waals surface area contributed by atoms with Gasteiger partial charge in [-0.3, -0.25) is 0 Å². The number of halogens is 2. The van der Waals surface area contributed by atoms with Crippen molar-refractivity contribution in [2.45, 2.75) is 24.6 Å². The third-order valence-electron chi connectivity index (χ3n) is 5.95. The monoisotopic (exact) mass is 642 g/mol. The number of carboxylic acids is 2. The molecule has 38 heavy (non-hydrogen) atoms. The number of nitrogens with zero attached hydrogens (tertiary/aromatic N) is 1. The first-order valence-electron chi connectivity index (χ1n) is 11.5. The van der Waals surface area contributed by atoms with Crippen LogP contribution in [0.25, 0.3) is 10.4 Å². The minimum Gasteiger partial charge on any atom is -0.479 e. The lowest BCUT2D eigenvalue weighted by Gasteiger charge is -2.32. The van der Waals surface area contributed by atoms with E-state index in [0.717, 1.165) is 22.6 Å². The van der Waals surface area contributed by atoms with Gasteiger partial charge in [0, 0.05) is 29.8 Å². The normalized spacial score (nSPS) is 14.8. The van der Waals surface area contributed by atoms with E-state index in [1.54, 1.807) is 24.3 Å². The lowest BCUT2D eigenvalue weighted by molar-refractivity contribution is -0.139. The fourth-order valence-electron chi connectivity index (χ4n) is 4.13. The molecule has 0 atom stereocenters. The van der Waals surface area contributed by atoms with Gasteiger partial charge >= 0.3 is 11.9 Å². The number of aromatic carboxylic acids is 1. The lowest BCUT2D eigenvalue weighted by atomic mass is 10.1. The second-order valence-electron chi connectivity index (χ2n) is 8.67. The number of benzene rings is 2. The van der Waals surface area contributed by atoms with E-state index in [1.807, 2.05) is 24.3 Å². The summed E-state index contributed by atoms with van der Waals surface area (Å²) in [6.07, 6.45) is 1.26. The van der Waals surface area contributed by atoms with Gasteiger partial charge < -0.3 is 20.3 Å². The molecule has 0 aliphatic carbocycles. The zero-order chi connectivity index (χ0) is 27.4. The number of piperidine rings is 1. The van der Waals surface area contributed by atoms with E-state index >= 15 is 0 Å². The summed E-state index contributed by atoms with van der Waals surface area (Å²) in [4.78, 5) is 23.1. The highest BCUT2D eigenvalue weighted by Gasteiger charge is 2.29. The third-order valence-corrected chi connectivity index (χ3v) is 10.3. The Kier molecular flexibility index (Phi) is 8.99. The van der Waals surface area contributed by atoms with Crippen LogP contribution in [-0.2, 0) is 20.6 Å². The highest BCUT2D eigenvalue weighted by atomic mass is 79.9. The molecule has 0 spiro atoms. The Morgan fingerprint density at radius 2 is 1.82 bits per heavy atom. The summed E-state index contributed by atoms with van der Waals surface area (Å²) in [7, 11) is -3.45. The molecule has 0 amide bonds. The van der Waals surface area contributed by atoms with Crippen LogP contribution in [0.4, 0.5) is 5.69 Å². The molecule has 2 heterocycles. The van der Waals surface area contributed by atoms with Gasteiger partial charge in [-0.2, -0.15) is 0 Å². The first kappa shape index (κ1) is 28.4. The van der Waals surface area contributed by atoms with Crippen molar-refractivity contribution in [3.63, 3.8) is 0 Å². The van der Waals surface area contributed by atoms with Crippen molar-refractivity contribution in [3.05, 3.63) is 68.5 Å². The van der Waals surface area contributed by atoms with Crippen molar-refractivity contribution in [1.29, 1.82) is 0 Å². The Morgan fingerprint density at radius 3 is 2.45 bits per heavy atom. The van der Waals surface area contributed by atoms with Crippen LogP contribution in [0.3, 0.4) is 0 Å². The van der Waals surface area contributed by atoms with Crippen molar-refractivity contribution in [2.75, 3.05) is 25.0 Å². The van der Waals surface area contributed by atoms with E-state index in [1.165, 1.54) is 4.31 Å². The van der Waals surface area contributed by atoms with Gasteiger partial charge in [-0.05, 0) is 64.2 Å². The number of carboxylic acid groups (broad SMARTS) is 2. The number of sulfonamides is 1. The van der Waals surface area contributed by atoms with Crippen LogP contribution in [0.2, 0.25) is 5.02 Å². The molecule has 2 aromatic carbocycles. The zero-order valence-corrected chi connectivity index (χ0v) is 23.9. The van der Waals surface area contributed by atoms with Gasteiger partial charge in [0.1, 0.15) is 0 Å². The number of thiophene rings is 1. The molecular weight excluding hydrogens is 620 g/mol. The van der Waals surface area contributed by atoms with Crippen molar-refractivity contribution in [1.82, 2.24) is 4.31 Å². The highest BCUT2D eigenvalue weighted by molar-refractivity contribution is 9.10. The lowest BCUT2D eigenvalue weighted by Crippen LogP contribution is -2.42. The summed E-state index contributed by atoms with van der Waals surface area (Å²) < 4.78 is 32.9. The molecule has 3 N–H and O–H groups in total. The number of ether oxygens (including phenoxy) is 1. The molecule has 0 unspecified atom stereocenters. The number of hydrogen-bond donors (Lipinski definition) is 3. The predicted molar refractivity (Wildman–Crippen MR) is 150 cm³/mol. The van der Waals surface area contributed by atoms with E-state index in [-0.39, 0.29) is 22.4 Å². The molecule has 0 radical (unpaired) electrons. The summed E-state index contributed by atoms with van der Waals surface area (Å²) in [6, 6.07) is 14.2. The van der Waals surface area contributed by atoms with Gasteiger partial charge in [0.05, 0.1) is 15.1 Å². The molecule has 1 aliphatic heterocycles. The molecule has 1 aromatic heterocycles. The number of aliphatic carboxylic acids is 1. The molecule has 4 rings (SSSR count). The van der Waals surface area contributed by atoms with Gasteiger partial charge in [-0.1, -0.05) is 35.9 Å². The number of nitrogens with one attached hydrogen (secondary N) is 1. The van der Waals surface area contributed by atoms with Crippen molar-refractivity contribution < 1.29 is 33.0 Å². The number of carbonyl (C=O) groups is 2. The first-order chi connectivity index (χ1) is 18.0. The summed E-state index contributed by atoms with van der Waals surface area (Å²) >= 11 is 10.3. The minimum absolute atomic E-state index is 0.0227. The fraction of sp³-hybridized carbons (Fsp3) is 0.280. The SMILES string of the molecule is O=C(O)COc1c(C(=O)O)sc(-c2cccc(NC3CCN(S(=O)(=O)Cc4ccc(Cl)cc4)CC3)c2)c1Br. The third kappa shape index (κ3) is 6.86. The molecule has 13 heteroatoms. The molecule has 0 bridgehead atoms. The van der Waals surface area contributed by atoms with E-state index < -0.39 is 28.6 Å². The maximum Gasteiger partial charge on any atom is 0.349 e. The molecule has 1 fully saturated rings. The average Bonchev–Trinajstić information content (AvgIpc) is 3.21. The van der Waals surface area contributed by atoms with E-state index in [2.05, 4.69) is 21.2 Å². The molecular formula is C25H24BrClN2O7S2. The summed E-state index contributed by atoms with van der Waals surface area (Å²) in [6.45, 7) is 0.136. The fourth-order valence-corrected chi connectivity index (χ4v) is 7.71. The quantitative estimate of drug-likeness (QED) is 0.268. The van der Waals surface area contributed by atoms with Crippen molar-refractivity contribution in [2.24, 2.45) is 0 Å². The largest absolute Gasteiger partial charge is 0.479 e. The summed E-state index contributed by atoms with van der Waals surface area (Å²) in [5.74, 6) is -2.52. The molecule has 3 aromatic rings. The molecule has 1 saturated heterocycles. The number of anilines is 1. The second-order valence-corrected chi connectivity index (χ2v) is 12.9. The van der Waals surface area contributed by atoms with Crippen LogP contribution >= 0.6 is 38.9 Å². The van der Waals surface area contributed by atoms with Crippen LogP contribution in [0.5, 0.6) is 5.75 Å². The maximum absolute atomic E-state index is 12.9. The first-order valence-corrected chi connectivity index (χ1v) is 15.1. The standard InChI is InChI=1S/C25H24BrClN2O7S2/c26-21-22(36-13-20(30)31)24(25(32)33)37-23(21)16-2-1-3-19(12-16)28-18-8-10-29(11-9-18)38(34,35)14-15-4-6-17(27)7-5-15/h1-7,12,18,28H,8-11,13-14H2,(H,30,31)(H,32,33). The molecule has 9 nitrogen and oxygen atoms in total. The van der Waals surface area contributed by atoms with Crippen LogP contribution < -0.4 is 10.1 Å². The van der Waals surface area contributed by atoms with Gasteiger partial charge in [0.25, 0.3) is 0 Å². The highest BCUT2D eigenvalue weighted by Crippen LogP contribution is 2.46. The topological polar surface area (TPSA) is 133 Å². The van der Waals surface area contributed by atoms with Crippen LogP contribution in [0, 0.1) is 0 Å². The Bertz CT molecular complexity index is 1440. The van der Waals surface area contributed by atoms with Gasteiger partial charge in [-0.15, -0.1) is 11.3 Å². The Hall–Kier alpha value is -2.64. The Labute approximate surface area is 237 Å². The summed E-state index contributed by atoms with van der Waals surface area (Å²) in [5, 5.41) is 22.5. The zero-order valence-electron chi connectivity index (χ0n) is 19.9. The smallest absolute Gasteiger partial charge is 0.349 e. The second kappa shape index (κ2) is 12.0. The van der Waals surface area contributed by atoms with Gasteiger partial charge in [0.2, 0.25) is 10.0 Å². The number of hydrogen-bond acceptors (Lipinski definition) is 7. The van der Waals surface area contributed by atoms with Crippen molar-refractivity contribution in [3.8, 4) is 16.2 Å². The van der Waals surface area contributed by atoms with Crippen LogP contribution in [0.1, 0.15) is 28.1 Å². The Morgan fingerprint density at radius 1 is 1.13 bits per heavy atom. The molecule has 1 aliphatic rings. The number of rotatable bonds is 10. The van der Waals surface area contributed by atoms with Crippen LogP contribution in [-0.4, -0.2) is 60.6 Å². The minimum atomic E-state index is -3.45. The van der Waals surface area contributed by atoms with E-state index in [0.29, 0.717) is 45.9 Å². The predicted octanol–water partition coefficient (Wildman–Crippen LogP) is 5.40. The van der Waals surface area contributed by atoms with Gasteiger partial charge in [0.15, 0.2) is 17.2 Å². The molecule has 202 valence electrons. The van der Waals surface area contributed by atoms with Gasteiger partial charge in [-0.25, -0.2) is 22.3 Å². The van der Waals surface area contributed by atoms with Crippen molar-refractivity contribution >= 4 is 66.5 Å². The van der Waals surface area contributed by atoms with Crippen LogP contribution in [0.15, 0.2) is 53.0 Å². The summed E-state index contributed by atoms with van der Waals surface area (Å²) in [5.41, 5.74) is 2.21. The average molecular weight is 644 g/mol. The Balaban J connectivity index is 1.42. The maximum atomic E-state index is 12.9. The van der Waals surface area contributed by atoms with E-state index in [4.69, 9.17) is 21.4 Å². The molecule has 0 saturated carbocycles.